The van der Waals surface area contributed by atoms with E-state index in [1.165, 1.54) is 0 Å². The number of halogens is 1. The Hall–Kier alpha value is -1.13. The standard InChI is InChI=1S/C14H22FN3/c1-16-11-12-4-5-14(13(15)10-12)18-7-3-6-17(2)8-9-18/h4-5,10,16H,3,6-9,11H2,1-2H3. The van der Waals surface area contributed by atoms with Crippen molar-refractivity contribution in [3.8, 4) is 0 Å². The van der Waals surface area contributed by atoms with E-state index in [0.717, 1.165) is 43.9 Å². The molecule has 1 saturated heterocycles. The zero-order chi connectivity index (χ0) is 13.0. The van der Waals surface area contributed by atoms with Crippen molar-refractivity contribution in [3.63, 3.8) is 0 Å². The molecule has 0 radical (unpaired) electrons. The minimum atomic E-state index is -0.104. The fourth-order valence-electron chi connectivity index (χ4n) is 2.41. The zero-order valence-electron chi connectivity index (χ0n) is 11.2. The zero-order valence-corrected chi connectivity index (χ0v) is 11.2. The van der Waals surface area contributed by atoms with Crippen molar-refractivity contribution in [2.24, 2.45) is 0 Å². The Morgan fingerprint density at radius 1 is 1.22 bits per heavy atom. The van der Waals surface area contributed by atoms with Crippen LogP contribution in [0.3, 0.4) is 0 Å². The van der Waals surface area contributed by atoms with Crippen molar-refractivity contribution in [3.05, 3.63) is 29.6 Å². The van der Waals surface area contributed by atoms with Crippen molar-refractivity contribution in [1.82, 2.24) is 10.2 Å². The molecule has 1 aliphatic heterocycles. The van der Waals surface area contributed by atoms with E-state index in [-0.39, 0.29) is 5.82 Å². The average molecular weight is 251 g/mol. The van der Waals surface area contributed by atoms with Gasteiger partial charge >= 0.3 is 0 Å². The number of hydrogen-bond donors (Lipinski definition) is 1. The van der Waals surface area contributed by atoms with Gasteiger partial charge in [0.1, 0.15) is 5.82 Å². The predicted octanol–water partition coefficient (Wildman–Crippen LogP) is 1.69. The third-order valence-corrected chi connectivity index (χ3v) is 3.45. The summed E-state index contributed by atoms with van der Waals surface area (Å²) < 4.78 is 14.1. The SMILES string of the molecule is CNCc1ccc(N2CCCN(C)CC2)c(F)c1. The molecule has 0 bridgehead atoms. The molecule has 1 aromatic carbocycles. The third kappa shape index (κ3) is 3.21. The van der Waals surface area contributed by atoms with Crippen LogP contribution >= 0.6 is 0 Å². The quantitative estimate of drug-likeness (QED) is 0.882. The molecule has 1 aliphatic rings. The van der Waals surface area contributed by atoms with E-state index in [1.54, 1.807) is 6.07 Å². The number of hydrogen-bond acceptors (Lipinski definition) is 3. The molecular weight excluding hydrogens is 229 g/mol. The molecule has 1 heterocycles. The lowest BCUT2D eigenvalue weighted by atomic mass is 10.1. The van der Waals surface area contributed by atoms with Crippen LogP contribution in [0.5, 0.6) is 0 Å². The molecule has 2 rings (SSSR count). The highest BCUT2D eigenvalue weighted by atomic mass is 19.1. The first kappa shape index (κ1) is 13.3. The Kier molecular flexibility index (Phi) is 4.55. The normalized spacial score (nSPS) is 17.8. The van der Waals surface area contributed by atoms with Gasteiger partial charge in [-0.1, -0.05) is 6.07 Å². The average Bonchev–Trinajstić information content (AvgIpc) is 2.55. The van der Waals surface area contributed by atoms with Gasteiger partial charge in [-0.15, -0.1) is 0 Å². The largest absolute Gasteiger partial charge is 0.368 e. The van der Waals surface area contributed by atoms with Crippen molar-refractivity contribution in [2.45, 2.75) is 13.0 Å². The van der Waals surface area contributed by atoms with Crippen LogP contribution in [-0.4, -0.2) is 45.2 Å². The summed E-state index contributed by atoms with van der Waals surface area (Å²) in [5.74, 6) is -0.104. The van der Waals surface area contributed by atoms with Crippen LogP contribution < -0.4 is 10.2 Å². The van der Waals surface area contributed by atoms with Gasteiger partial charge in [0.15, 0.2) is 0 Å². The van der Waals surface area contributed by atoms with Gasteiger partial charge in [-0.25, -0.2) is 4.39 Å². The molecule has 0 saturated carbocycles. The van der Waals surface area contributed by atoms with E-state index in [2.05, 4.69) is 22.2 Å². The highest BCUT2D eigenvalue weighted by Gasteiger charge is 2.15. The highest BCUT2D eigenvalue weighted by molar-refractivity contribution is 5.49. The summed E-state index contributed by atoms with van der Waals surface area (Å²) in [6.45, 7) is 4.64. The summed E-state index contributed by atoms with van der Waals surface area (Å²) in [5.41, 5.74) is 1.73. The Bertz CT molecular complexity index is 395. The second kappa shape index (κ2) is 6.16. The van der Waals surface area contributed by atoms with Crippen LogP contribution in [0.4, 0.5) is 10.1 Å². The van der Waals surface area contributed by atoms with Gasteiger partial charge in [0.2, 0.25) is 0 Å². The van der Waals surface area contributed by atoms with E-state index in [0.29, 0.717) is 6.54 Å². The topological polar surface area (TPSA) is 18.5 Å². The molecule has 0 unspecified atom stereocenters. The summed E-state index contributed by atoms with van der Waals surface area (Å²) in [5, 5.41) is 3.04. The lowest BCUT2D eigenvalue weighted by Gasteiger charge is -2.23. The molecule has 0 aliphatic carbocycles. The van der Waals surface area contributed by atoms with Crippen LogP contribution in [0.25, 0.3) is 0 Å². The Labute approximate surface area is 109 Å². The minimum absolute atomic E-state index is 0.104. The summed E-state index contributed by atoms with van der Waals surface area (Å²) in [7, 11) is 3.99. The second-order valence-corrected chi connectivity index (χ2v) is 4.96. The maximum Gasteiger partial charge on any atom is 0.146 e. The van der Waals surface area contributed by atoms with Crippen molar-refractivity contribution < 1.29 is 4.39 Å². The molecule has 4 heteroatoms. The number of nitrogens with zero attached hydrogens (tertiary/aromatic N) is 2. The van der Waals surface area contributed by atoms with Crippen molar-refractivity contribution >= 4 is 5.69 Å². The van der Waals surface area contributed by atoms with Crippen LogP contribution in [-0.2, 0) is 6.54 Å². The summed E-state index contributed by atoms with van der Waals surface area (Å²) >= 11 is 0. The molecule has 0 atom stereocenters. The fraction of sp³-hybridized carbons (Fsp3) is 0.571. The highest BCUT2D eigenvalue weighted by Crippen LogP contribution is 2.21. The minimum Gasteiger partial charge on any atom is -0.368 e. The number of benzene rings is 1. The molecule has 0 amide bonds. The smallest absolute Gasteiger partial charge is 0.146 e. The Balaban J connectivity index is 2.12. The number of nitrogens with one attached hydrogen (secondary N) is 1. The first-order valence-corrected chi connectivity index (χ1v) is 6.57. The van der Waals surface area contributed by atoms with E-state index in [1.807, 2.05) is 19.2 Å². The van der Waals surface area contributed by atoms with Gasteiger partial charge in [0, 0.05) is 26.2 Å². The van der Waals surface area contributed by atoms with Gasteiger partial charge in [-0.05, 0) is 44.8 Å². The molecule has 1 N–H and O–H groups in total. The molecule has 100 valence electrons. The molecule has 0 spiro atoms. The Morgan fingerprint density at radius 2 is 2.06 bits per heavy atom. The second-order valence-electron chi connectivity index (χ2n) is 4.96. The van der Waals surface area contributed by atoms with Crippen LogP contribution in [0.2, 0.25) is 0 Å². The van der Waals surface area contributed by atoms with Crippen molar-refractivity contribution in [2.75, 3.05) is 45.2 Å². The lowest BCUT2D eigenvalue weighted by Crippen LogP contribution is -2.29. The van der Waals surface area contributed by atoms with E-state index >= 15 is 0 Å². The van der Waals surface area contributed by atoms with Gasteiger partial charge in [0.05, 0.1) is 5.69 Å². The van der Waals surface area contributed by atoms with Crippen molar-refractivity contribution in [1.29, 1.82) is 0 Å². The summed E-state index contributed by atoms with van der Waals surface area (Å²) in [6, 6.07) is 5.55. The molecule has 3 nitrogen and oxygen atoms in total. The molecule has 1 fully saturated rings. The first-order chi connectivity index (χ1) is 8.70. The fourth-order valence-corrected chi connectivity index (χ4v) is 2.41. The Morgan fingerprint density at radius 3 is 2.78 bits per heavy atom. The van der Waals surface area contributed by atoms with E-state index in [4.69, 9.17) is 0 Å². The van der Waals surface area contributed by atoms with Crippen LogP contribution in [0, 0.1) is 5.82 Å². The van der Waals surface area contributed by atoms with E-state index < -0.39 is 0 Å². The molecule has 0 aromatic heterocycles. The maximum atomic E-state index is 14.1. The summed E-state index contributed by atoms with van der Waals surface area (Å²) in [4.78, 5) is 4.45. The third-order valence-electron chi connectivity index (χ3n) is 3.45. The number of rotatable bonds is 3. The van der Waals surface area contributed by atoms with E-state index in [9.17, 15) is 4.39 Å². The maximum absolute atomic E-state index is 14.1. The van der Waals surface area contributed by atoms with Gasteiger partial charge in [-0.3, -0.25) is 0 Å². The van der Waals surface area contributed by atoms with Gasteiger partial charge in [0.25, 0.3) is 0 Å². The van der Waals surface area contributed by atoms with Gasteiger partial charge in [-0.2, -0.15) is 0 Å². The number of likely N-dealkylation sites (N-methyl/N-ethyl adjacent to an activating group) is 1. The predicted molar refractivity (Wildman–Crippen MR) is 73.5 cm³/mol. The van der Waals surface area contributed by atoms with Crippen LogP contribution in [0.1, 0.15) is 12.0 Å². The monoisotopic (exact) mass is 251 g/mol. The molecule has 1 aromatic rings. The summed E-state index contributed by atoms with van der Waals surface area (Å²) in [6.07, 6.45) is 1.09. The molecule has 18 heavy (non-hydrogen) atoms. The lowest BCUT2D eigenvalue weighted by molar-refractivity contribution is 0.360. The molecular formula is C14H22FN3. The van der Waals surface area contributed by atoms with Gasteiger partial charge < -0.3 is 15.1 Å². The first-order valence-electron chi connectivity index (χ1n) is 6.57. The number of anilines is 1. The van der Waals surface area contributed by atoms with Crippen LogP contribution in [0.15, 0.2) is 18.2 Å².